The summed E-state index contributed by atoms with van der Waals surface area (Å²) in [6.45, 7) is 5.40. The standard InChI is InChI=1S/C18H26ClN3O3/c1-18(2,11-23-3)14-9-16(21-22-17(14)19)20-10-12-6-7-13(24-4)8-15(12)25-5/h6-9,20-22H,10-11H2,1-5H3/p+1. The molecule has 1 aliphatic rings. The summed E-state index contributed by atoms with van der Waals surface area (Å²) >= 11 is 6.34. The number of halogens is 1. The Hall–Kier alpha value is -1.89. The van der Waals surface area contributed by atoms with Crippen LogP contribution >= 0.6 is 11.6 Å². The summed E-state index contributed by atoms with van der Waals surface area (Å²) in [6, 6.07) is 5.78. The summed E-state index contributed by atoms with van der Waals surface area (Å²) in [5.74, 6) is 2.50. The van der Waals surface area contributed by atoms with E-state index in [0.29, 0.717) is 18.3 Å². The van der Waals surface area contributed by atoms with Crippen molar-refractivity contribution in [2.45, 2.75) is 20.4 Å². The minimum atomic E-state index is -0.197. The van der Waals surface area contributed by atoms with Gasteiger partial charge < -0.3 is 19.5 Å². The first-order valence-electron chi connectivity index (χ1n) is 8.06. The second-order valence-corrected chi connectivity index (χ2v) is 6.84. The molecule has 0 bridgehead atoms. The quantitative estimate of drug-likeness (QED) is 0.482. The number of ether oxygens (including phenoxy) is 3. The molecule has 0 atom stereocenters. The fourth-order valence-corrected chi connectivity index (χ4v) is 3.07. The first-order chi connectivity index (χ1) is 11.9. The van der Waals surface area contributed by atoms with E-state index in [-0.39, 0.29) is 5.41 Å². The van der Waals surface area contributed by atoms with Crippen molar-refractivity contribution in [1.82, 2.24) is 10.7 Å². The predicted molar refractivity (Wildman–Crippen MR) is 98.1 cm³/mol. The lowest BCUT2D eigenvalue weighted by atomic mass is 9.85. The van der Waals surface area contributed by atoms with E-state index in [9.17, 15) is 0 Å². The largest absolute Gasteiger partial charge is 0.497 e. The van der Waals surface area contributed by atoms with E-state index < -0.39 is 0 Å². The highest BCUT2D eigenvalue weighted by Crippen LogP contribution is 2.31. The molecular weight excluding hydrogens is 342 g/mol. The molecule has 0 unspecified atom stereocenters. The monoisotopic (exact) mass is 368 g/mol. The molecule has 0 amide bonds. The van der Waals surface area contributed by atoms with Crippen LogP contribution in [0.15, 0.2) is 40.8 Å². The molecule has 25 heavy (non-hydrogen) atoms. The van der Waals surface area contributed by atoms with Gasteiger partial charge in [0.15, 0.2) is 5.16 Å². The molecule has 1 aromatic rings. The third-order valence-electron chi connectivity index (χ3n) is 4.10. The predicted octanol–water partition coefficient (Wildman–Crippen LogP) is 1.84. The molecule has 0 saturated carbocycles. The molecule has 0 fully saturated rings. The number of benzene rings is 1. The van der Waals surface area contributed by atoms with Crippen molar-refractivity contribution in [2.75, 3.05) is 27.9 Å². The van der Waals surface area contributed by atoms with Crippen molar-refractivity contribution in [3.63, 3.8) is 0 Å². The lowest BCUT2D eigenvalue weighted by Crippen LogP contribution is -2.93. The molecule has 1 aromatic carbocycles. The Kier molecular flexibility index (Phi) is 6.58. The Morgan fingerprint density at radius 1 is 1.20 bits per heavy atom. The van der Waals surface area contributed by atoms with E-state index in [0.717, 1.165) is 28.5 Å². The summed E-state index contributed by atoms with van der Waals surface area (Å²) in [6.07, 6.45) is 2.05. The molecule has 1 heterocycles. The second kappa shape index (κ2) is 8.47. The zero-order valence-corrected chi connectivity index (χ0v) is 16.2. The average Bonchev–Trinajstić information content (AvgIpc) is 2.60. The van der Waals surface area contributed by atoms with Gasteiger partial charge in [-0.1, -0.05) is 25.4 Å². The Morgan fingerprint density at radius 2 is 1.96 bits per heavy atom. The first-order valence-corrected chi connectivity index (χ1v) is 8.44. The van der Waals surface area contributed by atoms with E-state index in [1.807, 2.05) is 29.7 Å². The van der Waals surface area contributed by atoms with Crippen molar-refractivity contribution in [3.8, 4) is 11.5 Å². The van der Waals surface area contributed by atoms with Crippen LogP contribution in [0.25, 0.3) is 0 Å². The third-order valence-corrected chi connectivity index (χ3v) is 4.41. The van der Waals surface area contributed by atoms with Crippen molar-refractivity contribution in [2.24, 2.45) is 5.41 Å². The Balaban J connectivity index is 2.13. The van der Waals surface area contributed by atoms with Gasteiger partial charge >= 0.3 is 0 Å². The van der Waals surface area contributed by atoms with Crippen LogP contribution in [-0.2, 0) is 11.3 Å². The highest BCUT2D eigenvalue weighted by molar-refractivity contribution is 6.29. The molecule has 7 heteroatoms. The molecular formula is C18H27ClN3O3+. The van der Waals surface area contributed by atoms with E-state index in [1.54, 1.807) is 21.3 Å². The normalized spacial score (nSPS) is 14.7. The number of rotatable bonds is 8. The maximum absolute atomic E-state index is 6.34. The van der Waals surface area contributed by atoms with Gasteiger partial charge in [0.25, 0.3) is 0 Å². The summed E-state index contributed by atoms with van der Waals surface area (Å²) in [4.78, 5) is 0. The van der Waals surface area contributed by atoms with Gasteiger partial charge in [0.05, 0.1) is 20.8 Å². The van der Waals surface area contributed by atoms with Gasteiger partial charge in [0.2, 0.25) is 5.82 Å². The summed E-state index contributed by atoms with van der Waals surface area (Å²) in [5, 5.41) is 4.02. The zero-order valence-electron chi connectivity index (χ0n) is 15.4. The van der Waals surface area contributed by atoms with Crippen LogP contribution in [0.4, 0.5) is 0 Å². The minimum absolute atomic E-state index is 0.197. The smallest absolute Gasteiger partial charge is 0.223 e. The lowest BCUT2D eigenvalue weighted by molar-refractivity contribution is -0.663. The lowest BCUT2D eigenvalue weighted by Gasteiger charge is -2.28. The van der Waals surface area contributed by atoms with Crippen molar-refractivity contribution >= 4 is 11.6 Å². The molecule has 6 nitrogen and oxygen atoms in total. The summed E-state index contributed by atoms with van der Waals surface area (Å²) in [7, 11) is 4.98. The maximum atomic E-state index is 6.34. The summed E-state index contributed by atoms with van der Waals surface area (Å²) < 4.78 is 16.0. The number of methoxy groups -OCH3 is 3. The van der Waals surface area contributed by atoms with Gasteiger partial charge in [-0.25, -0.2) is 5.43 Å². The van der Waals surface area contributed by atoms with Gasteiger partial charge in [-0.05, 0) is 12.1 Å². The molecule has 2 rings (SSSR count). The van der Waals surface area contributed by atoms with Crippen LogP contribution in [-0.4, -0.2) is 27.9 Å². The minimum Gasteiger partial charge on any atom is -0.497 e. The van der Waals surface area contributed by atoms with Crippen LogP contribution in [0.3, 0.4) is 0 Å². The molecule has 0 aromatic heterocycles. The molecule has 1 aliphatic heterocycles. The zero-order chi connectivity index (χ0) is 18.4. The van der Waals surface area contributed by atoms with Crippen LogP contribution < -0.4 is 25.6 Å². The average molecular weight is 369 g/mol. The van der Waals surface area contributed by atoms with E-state index in [2.05, 4.69) is 24.6 Å². The fraction of sp³-hybridized carbons (Fsp3) is 0.444. The number of allylic oxidation sites excluding steroid dienone is 1. The molecule has 0 radical (unpaired) electrons. The highest BCUT2D eigenvalue weighted by atomic mass is 35.5. The number of quaternary nitrogens is 1. The maximum Gasteiger partial charge on any atom is 0.223 e. The highest BCUT2D eigenvalue weighted by Gasteiger charge is 2.29. The van der Waals surface area contributed by atoms with Crippen molar-refractivity contribution < 1.29 is 19.6 Å². The Bertz CT molecular complexity index is 672. The van der Waals surface area contributed by atoms with Crippen LogP contribution in [0.2, 0.25) is 0 Å². The van der Waals surface area contributed by atoms with E-state index in [1.165, 1.54) is 0 Å². The number of nitrogens with one attached hydrogen (secondary N) is 2. The van der Waals surface area contributed by atoms with Gasteiger partial charge in [-0.3, -0.25) is 0 Å². The molecule has 4 N–H and O–H groups in total. The molecule has 138 valence electrons. The van der Waals surface area contributed by atoms with E-state index in [4.69, 9.17) is 25.8 Å². The second-order valence-electron chi connectivity index (χ2n) is 6.46. The Labute approximate surface area is 154 Å². The van der Waals surface area contributed by atoms with Gasteiger partial charge in [-0.15, -0.1) is 0 Å². The van der Waals surface area contributed by atoms with Gasteiger partial charge in [0, 0.05) is 42.3 Å². The molecule has 0 aliphatic carbocycles. The van der Waals surface area contributed by atoms with Crippen LogP contribution in [0, 0.1) is 5.41 Å². The number of hydrogen-bond donors (Lipinski definition) is 3. The van der Waals surface area contributed by atoms with Gasteiger partial charge in [0.1, 0.15) is 11.5 Å². The van der Waals surface area contributed by atoms with Crippen LogP contribution in [0.5, 0.6) is 11.5 Å². The fourth-order valence-electron chi connectivity index (χ4n) is 2.71. The van der Waals surface area contributed by atoms with E-state index >= 15 is 0 Å². The van der Waals surface area contributed by atoms with Gasteiger partial charge in [-0.2, -0.15) is 5.43 Å². The molecule has 0 saturated heterocycles. The molecule has 0 spiro atoms. The number of nitrogens with two attached hydrogens (primary N) is 1. The van der Waals surface area contributed by atoms with Crippen LogP contribution in [0.1, 0.15) is 19.4 Å². The topological polar surface area (TPSA) is 68.4 Å². The third kappa shape index (κ3) is 4.81. The summed E-state index contributed by atoms with van der Waals surface area (Å²) in [5.41, 5.74) is 6.81. The van der Waals surface area contributed by atoms with Crippen molar-refractivity contribution in [1.29, 1.82) is 0 Å². The first kappa shape index (κ1) is 19.4. The Morgan fingerprint density at radius 3 is 2.60 bits per heavy atom. The van der Waals surface area contributed by atoms with Crippen molar-refractivity contribution in [3.05, 3.63) is 46.4 Å². The SMILES string of the molecule is COCC(C)(C)C1=C(Cl)N[NH2+]C(NCc2ccc(OC)cc2OC)=C1. The number of hydrogen-bond acceptors (Lipinski definition) is 5.